The van der Waals surface area contributed by atoms with Gasteiger partial charge in [-0.25, -0.2) is 9.78 Å². The van der Waals surface area contributed by atoms with Crippen LogP contribution in [0.3, 0.4) is 0 Å². The Bertz CT molecular complexity index is 1180. The fourth-order valence-electron chi connectivity index (χ4n) is 3.44. The van der Waals surface area contributed by atoms with Crippen molar-refractivity contribution in [3.05, 3.63) is 71.4 Å². The van der Waals surface area contributed by atoms with Gasteiger partial charge >= 0.3 is 5.97 Å². The number of ether oxygens (including phenoxy) is 1. The van der Waals surface area contributed by atoms with Gasteiger partial charge in [0.2, 0.25) is 11.7 Å². The third-order valence-corrected chi connectivity index (χ3v) is 5.11. The Morgan fingerprint density at radius 1 is 1.19 bits per heavy atom. The molecule has 0 saturated heterocycles. The number of aromatic carboxylic acids is 1. The molecule has 3 aromatic rings. The standard InChI is InChI=1S/C23H22N4O5/c1-23(2)19(29)15-9-8-14(10-18(15)32-23)25-22-24-11-16(21(30)31)20(27-22)26-17(12-28)13-6-4-3-5-7-13/h3-11,17,28H,12H2,1-2H3,(H,30,31)(H2,24,25,26,27)/t17-/m1/s1. The summed E-state index contributed by atoms with van der Waals surface area (Å²) in [5.41, 5.74) is 0.801. The molecule has 4 rings (SSSR count). The number of hydrogen-bond acceptors (Lipinski definition) is 8. The van der Waals surface area contributed by atoms with Gasteiger partial charge in [0, 0.05) is 18.0 Å². The van der Waals surface area contributed by atoms with E-state index in [9.17, 15) is 19.8 Å². The van der Waals surface area contributed by atoms with Crippen LogP contribution in [-0.2, 0) is 0 Å². The number of nitrogens with zero attached hydrogens (tertiary/aromatic N) is 2. The first-order valence-electron chi connectivity index (χ1n) is 9.96. The Morgan fingerprint density at radius 3 is 2.62 bits per heavy atom. The molecule has 9 heteroatoms. The van der Waals surface area contributed by atoms with E-state index in [0.29, 0.717) is 17.0 Å². The minimum atomic E-state index is -1.20. The maximum Gasteiger partial charge on any atom is 0.341 e. The van der Waals surface area contributed by atoms with Crippen LogP contribution in [0.5, 0.6) is 5.75 Å². The molecule has 164 valence electrons. The quantitative estimate of drug-likeness (QED) is 0.441. The van der Waals surface area contributed by atoms with E-state index in [4.69, 9.17) is 4.74 Å². The minimum Gasteiger partial charge on any atom is -0.479 e. The van der Waals surface area contributed by atoms with Gasteiger partial charge in [0.25, 0.3) is 0 Å². The van der Waals surface area contributed by atoms with Crippen LogP contribution in [0.15, 0.2) is 54.7 Å². The smallest absolute Gasteiger partial charge is 0.341 e. The number of nitrogens with one attached hydrogen (secondary N) is 2. The first kappa shape index (κ1) is 21.3. The van der Waals surface area contributed by atoms with E-state index in [1.54, 1.807) is 32.0 Å². The first-order valence-corrected chi connectivity index (χ1v) is 9.96. The number of carboxylic acid groups (broad SMARTS) is 1. The largest absolute Gasteiger partial charge is 0.479 e. The highest BCUT2D eigenvalue weighted by Gasteiger charge is 2.39. The molecule has 0 spiro atoms. The number of rotatable bonds is 7. The van der Waals surface area contributed by atoms with E-state index < -0.39 is 17.6 Å². The third-order valence-electron chi connectivity index (χ3n) is 5.11. The molecule has 1 aromatic heterocycles. The van der Waals surface area contributed by atoms with Crippen molar-refractivity contribution in [3.63, 3.8) is 0 Å². The maximum atomic E-state index is 12.3. The van der Waals surface area contributed by atoms with Gasteiger partial charge in [-0.05, 0) is 31.5 Å². The summed E-state index contributed by atoms with van der Waals surface area (Å²) in [5.74, 6) is -0.633. The molecule has 0 aliphatic carbocycles. The molecule has 2 heterocycles. The van der Waals surface area contributed by atoms with Crippen molar-refractivity contribution in [2.75, 3.05) is 17.2 Å². The number of hydrogen-bond donors (Lipinski definition) is 4. The molecule has 9 nitrogen and oxygen atoms in total. The summed E-state index contributed by atoms with van der Waals surface area (Å²) in [6.07, 6.45) is 1.19. The molecular weight excluding hydrogens is 412 g/mol. The molecular formula is C23H22N4O5. The van der Waals surface area contributed by atoms with Gasteiger partial charge in [0.1, 0.15) is 17.1 Å². The fraction of sp³-hybridized carbons (Fsp3) is 0.217. The van der Waals surface area contributed by atoms with Crippen LogP contribution in [0.2, 0.25) is 0 Å². The average Bonchev–Trinajstić information content (AvgIpc) is 3.00. The monoisotopic (exact) mass is 434 g/mol. The van der Waals surface area contributed by atoms with E-state index in [-0.39, 0.29) is 29.7 Å². The fourth-order valence-corrected chi connectivity index (χ4v) is 3.44. The highest BCUT2D eigenvalue weighted by Crippen LogP contribution is 2.37. The lowest BCUT2D eigenvalue weighted by molar-refractivity contribution is 0.0682. The van der Waals surface area contributed by atoms with Crippen molar-refractivity contribution in [2.45, 2.75) is 25.5 Å². The molecule has 1 aliphatic rings. The minimum absolute atomic E-state index is 0.0617. The van der Waals surface area contributed by atoms with Gasteiger partial charge in [-0.1, -0.05) is 30.3 Å². The number of fused-ring (bicyclic) bond motifs is 1. The van der Waals surface area contributed by atoms with E-state index in [1.807, 2.05) is 30.3 Å². The molecule has 0 saturated carbocycles. The summed E-state index contributed by atoms with van der Waals surface area (Å²) >= 11 is 0. The highest BCUT2D eigenvalue weighted by molar-refractivity contribution is 6.07. The summed E-state index contributed by atoms with van der Waals surface area (Å²) in [6.45, 7) is 3.15. The Labute approximate surface area is 184 Å². The zero-order valence-corrected chi connectivity index (χ0v) is 17.5. The van der Waals surface area contributed by atoms with Gasteiger partial charge in [0.15, 0.2) is 5.60 Å². The zero-order valence-electron chi connectivity index (χ0n) is 17.5. The van der Waals surface area contributed by atoms with Crippen LogP contribution >= 0.6 is 0 Å². The third kappa shape index (κ3) is 4.10. The number of ketones is 1. The van der Waals surface area contributed by atoms with Crippen LogP contribution in [0.25, 0.3) is 0 Å². The topological polar surface area (TPSA) is 134 Å². The lowest BCUT2D eigenvalue weighted by Crippen LogP contribution is -2.31. The number of benzene rings is 2. The Morgan fingerprint density at radius 2 is 1.94 bits per heavy atom. The summed E-state index contributed by atoms with van der Waals surface area (Å²) < 4.78 is 5.73. The lowest BCUT2D eigenvalue weighted by Gasteiger charge is -2.19. The second kappa shape index (κ2) is 8.27. The summed E-state index contributed by atoms with van der Waals surface area (Å²) in [4.78, 5) is 32.4. The second-order valence-corrected chi connectivity index (χ2v) is 7.83. The van der Waals surface area contributed by atoms with Crippen molar-refractivity contribution in [1.29, 1.82) is 0 Å². The van der Waals surface area contributed by atoms with E-state index in [1.165, 1.54) is 6.20 Å². The predicted octanol–water partition coefficient (Wildman–Crippen LogP) is 3.42. The van der Waals surface area contributed by atoms with Crippen LogP contribution in [-0.4, -0.2) is 44.1 Å². The second-order valence-electron chi connectivity index (χ2n) is 7.83. The number of carbonyl (C=O) groups is 2. The molecule has 0 amide bonds. The molecule has 0 fully saturated rings. The van der Waals surface area contributed by atoms with E-state index in [0.717, 1.165) is 5.56 Å². The predicted molar refractivity (Wildman–Crippen MR) is 118 cm³/mol. The van der Waals surface area contributed by atoms with Crippen molar-refractivity contribution >= 4 is 29.2 Å². The normalized spacial score (nSPS) is 14.9. The Kier molecular flexibility index (Phi) is 5.50. The molecule has 32 heavy (non-hydrogen) atoms. The maximum absolute atomic E-state index is 12.3. The molecule has 0 radical (unpaired) electrons. The van der Waals surface area contributed by atoms with Crippen molar-refractivity contribution < 1.29 is 24.5 Å². The van der Waals surface area contributed by atoms with E-state index in [2.05, 4.69) is 20.6 Å². The van der Waals surface area contributed by atoms with Crippen LogP contribution in [0, 0.1) is 0 Å². The molecule has 1 atom stereocenters. The number of Topliss-reactive ketones (excluding diaryl/α,β-unsaturated/α-hetero) is 1. The van der Waals surface area contributed by atoms with Gasteiger partial charge in [-0.2, -0.15) is 4.98 Å². The number of carbonyl (C=O) groups excluding carboxylic acids is 1. The molecule has 2 aromatic carbocycles. The summed E-state index contributed by atoms with van der Waals surface area (Å²) in [6, 6.07) is 13.6. The van der Waals surface area contributed by atoms with Crippen molar-refractivity contribution in [3.8, 4) is 5.75 Å². The van der Waals surface area contributed by atoms with Gasteiger partial charge < -0.3 is 25.6 Å². The molecule has 4 N–H and O–H groups in total. The van der Waals surface area contributed by atoms with Gasteiger partial charge in [-0.15, -0.1) is 0 Å². The lowest BCUT2D eigenvalue weighted by atomic mass is 10.00. The zero-order chi connectivity index (χ0) is 22.9. The van der Waals surface area contributed by atoms with Crippen molar-refractivity contribution in [2.24, 2.45) is 0 Å². The molecule has 1 aliphatic heterocycles. The summed E-state index contributed by atoms with van der Waals surface area (Å²) in [5, 5.41) is 25.3. The van der Waals surface area contributed by atoms with Crippen LogP contribution < -0.4 is 15.4 Å². The van der Waals surface area contributed by atoms with Crippen LogP contribution in [0.4, 0.5) is 17.5 Å². The van der Waals surface area contributed by atoms with Crippen molar-refractivity contribution in [1.82, 2.24) is 9.97 Å². The SMILES string of the molecule is CC1(C)Oc2cc(Nc3ncc(C(=O)O)c(N[C@H](CO)c4ccccc4)n3)ccc2C1=O. The molecule has 0 bridgehead atoms. The number of aliphatic hydroxyl groups excluding tert-OH is 1. The first-order chi connectivity index (χ1) is 15.3. The highest BCUT2D eigenvalue weighted by atomic mass is 16.5. The number of carboxylic acids is 1. The number of anilines is 3. The van der Waals surface area contributed by atoms with Gasteiger partial charge in [0.05, 0.1) is 18.2 Å². The Balaban J connectivity index is 1.61. The number of aliphatic hydroxyl groups is 1. The van der Waals surface area contributed by atoms with E-state index >= 15 is 0 Å². The molecule has 0 unspecified atom stereocenters. The summed E-state index contributed by atoms with van der Waals surface area (Å²) in [7, 11) is 0. The Hall–Kier alpha value is -3.98. The van der Waals surface area contributed by atoms with Crippen LogP contribution in [0.1, 0.15) is 46.2 Å². The average molecular weight is 434 g/mol. The van der Waals surface area contributed by atoms with Gasteiger partial charge in [-0.3, -0.25) is 4.79 Å². The number of aromatic nitrogens is 2.